The van der Waals surface area contributed by atoms with E-state index in [0.29, 0.717) is 46.0 Å². The van der Waals surface area contributed by atoms with Gasteiger partial charge in [0.15, 0.2) is 12.1 Å². The Morgan fingerprint density at radius 3 is 2.46 bits per heavy atom. The maximum absolute atomic E-state index is 14.0. The fraction of sp³-hybridized carbons (Fsp3) is 0.107. The molecule has 4 aromatic rings. The van der Waals surface area contributed by atoms with Crippen molar-refractivity contribution in [3.8, 4) is 5.75 Å². The van der Waals surface area contributed by atoms with Gasteiger partial charge in [-0.25, -0.2) is 0 Å². The van der Waals surface area contributed by atoms with Gasteiger partial charge >= 0.3 is 0 Å². The molecule has 4 heterocycles. The van der Waals surface area contributed by atoms with Gasteiger partial charge in [-0.15, -0.1) is 0 Å². The number of carbonyl (C=O) groups is 2. The van der Waals surface area contributed by atoms with Gasteiger partial charge in [-0.1, -0.05) is 12.1 Å². The Labute approximate surface area is 202 Å². The number of aromatic nitrogens is 3. The second kappa shape index (κ2) is 9.69. The lowest BCUT2D eigenvalue weighted by Crippen LogP contribution is -2.27. The molecule has 172 valence electrons. The number of ether oxygens (including phenoxy) is 2. The van der Waals surface area contributed by atoms with E-state index in [-0.39, 0.29) is 5.78 Å². The van der Waals surface area contributed by atoms with Crippen molar-refractivity contribution in [3.05, 3.63) is 119 Å². The largest absolute Gasteiger partial charge is 0.497 e. The highest BCUT2D eigenvalue weighted by atomic mass is 16.5. The smallest absolute Gasteiger partial charge is 0.176 e. The first-order valence-corrected chi connectivity index (χ1v) is 11.0. The van der Waals surface area contributed by atoms with Gasteiger partial charge in [0.1, 0.15) is 29.2 Å². The van der Waals surface area contributed by atoms with E-state index in [1.165, 1.54) is 0 Å². The zero-order chi connectivity index (χ0) is 24.2. The molecule has 3 aromatic heterocycles. The zero-order valence-electron chi connectivity index (χ0n) is 18.9. The molecule has 35 heavy (non-hydrogen) atoms. The van der Waals surface area contributed by atoms with Crippen LogP contribution in [0.5, 0.6) is 5.75 Å². The van der Waals surface area contributed by atoms with Crippen LogP contribution in [0.4, 0.5) is 0 Å². The van der Waals surface area contributed by atoms with Crippen LogP contribution in [0.3, 0.4) is 0 Å². The molecule has 0 spiro atoms. The SMILES string of the molecule is COc1ccc(C(=O)C(c2ncccc2C=O)C2OC(c3ccccn3)=Cc3ncccc32)cc1. The Bertz CT molecular complexity index is 1400. The molecule has 2 unspecified atom stereocenters. The van der Waals surface area contributed by atoms with E-state index in [4.69, 9.17) is 9.47 Å². The van der Waals surface area contributed by atoms with Gasteiger partial charge in [-0.3, -0.25) is 24.5 Å². The number of fused-ring (bicyclic) bond motifs is 1. The quantitative estimate of drug-likeness (QED) is 0.283. The lowest BCUT2D eigenvalue weighted by Gasteiger charge is -2.32. The van der Waals surface area contributed by atoms with Crippen molar-refractivity contribution in [2.45, 2.75) is 12.0 Å². The lowest BCUT2D eigenvalue weighted by molar-refractivity contribution is 0.0790. The molecule has 0 N–H and O–H groups in total. The van der Waals surface area contributed by atoms with Gasteiger partial charge in [0.2, 0.25) is 0 Å². The normalized spacial score (nSPS) is 15.2. The van der Waals surface area contributed by atoms with Crippen molar-refractivity contribution in [3.63, 3.8) is 0 Å². The van der Waals surface area contributed by atoms with E-state index in [1.807, 2.05) is 30.3 Å². The van der Waals surface area contributed by atoms with E-state index in [9.17, 15) is 9.59 Å². The van der Waals surface area contributed by atoms with Crippen molar-refractivity contribution in [1.82, 2.24) is 15.0 Å². The standard InChI is InChI=1S/C28H21N3O4/c1-34-20-11-9-18(10-12-20)27(33)25(26-19(17-32)6-4-15-31-26)28-21-7-5-14-30-23(21)16-24(35-28)22-8-2-3-13-29-22/h2-17,25,28H,1H3. The Kier molecular flexibility index (Phi) is 6.13. The van der Waals surface area contributed by atoms with Crippen molar-refractivity contribution in [2.75, 3.05) is 7.11 Å². The third-order valence-electron chi connectivity index (χ3n) is 5.87. The van der Waals surface area contributed by atoms with Gasteiger partial charge in [0.25, 0.3) is 0 Å². The predicted molar refractivity (Wildman–Crippen MR) is 130 cm³/mol. The third kappa shape index (κ3) is 4.31. The number of hydrogen-bond donors (Lipinski definition) is 0. The fourth-order valence-electron chi connectivity index (χ4n) is 4.17. The first kappa shape index (κ1) is 22.2. The van der Waals surface area contributed by atoms with E-state index in [2.05, 4.69) is 15.0 Å². The Hall–Kier alpha value is -4.65. The molecule has 0 aliphatic carbocycles. The maximum Gasteiger partial charge on any atom is 0.176 e. The molecule has 0 bridgehead atoms. The maximum atomic E-state index is 14.0. The van der Waals surface area contributed by atoms with Crippen molar-refractivity contribution < 1.29 is 19.1 Å². The van der Waals surface area contributed by atoms with E-state index in [1.54, 1.807) is 68.2 Å². The van der Waals surface area contributed by atoms with Gasteiger partial charge in [-0.05, 0) is 54.6 Å². The number of rotatable bonds is 7. The molecule has 1 aliphatic rings. The summed E-state index contributed by atoms with van der Waals surface area (Å²) in [7, 11) is 1.56. The van der Waals surface area contributed by atoms with Crippen LogP contribution in [0.25, 0.3) is 11.8 Å². The molecule has 7 heteroatoms. The van der Waals surface area contributed by atoms with Gasteiger partial charge in [-0.2, -0.15) is 0 Å². The summed E-state index contributed by atoms with van der Waals surface area (Å²) in [6.45, 7) is 0. The van der Waals surface area contributed by atoms with Gasteiger partial charge in [0.05, 0.1) is 18.5 Å². The number of hydrogen-bond acceptors (Lipinski definition) is 7. The summed E-state index contributed by atoms with van der Waals surface area (Å²) in [5, 5.41) is 0. The number of pyridine rings is 3. The molecule has 7 nitrogen and oxygen atoms in total. The molecule has 0 radical (unpaired) electrons. The van der Waals surface area contributed by atoms with E-state index >= 15 is 0 Å². The number of methoxy groups -OCH3 is 1. The Morgan fingerprint density at radius 1 is 0.943 bits per heavy atom. The number of aldehydes is 1. The summed E-state index contributed by atoms with van der Waals surface area (Å²) in [6.07, 6.45) is 6.65. The predicted octanol–water partition coefficient (Wildman–Crippen LogP) is 4.93. The van der Waals surface area contributed by atoms with Crippen LogP contribution in [-0.2, 0) is 4.74 Å². The minimum Gasteiger partial charge on any atom is -0.497 e. The topological polar surface area (TPSA) is 91.3 Å². The van der Waals surface area contributed by atoms with E-state index in [0.717, 1.165) is 5.56 Å². The molecule has 1 aliphatic heterocycles. The zero-order valence-corrected chi connectivity index (χ0v) is 18.9. The Morgan fingerprint density at radius 2 is 1.71 bits per heavy atom. The van der Waals surface area contributed by atoms with Crippen molar-refractivity contribution >= 4 is 23.9 Å². The van der Waals surface area contributed by atoms with Gasteiger partial charge in [0, 0.05) is 41.4 Å². The molecule has 0 saturated carbocycles. The van der Waals surface area contributed by atoms with Crippen LogP contribution in [0, 0.1) is 0 Å². The van der Waals surface area contributed by atoms with E-state index < -0.39 is 12.0 Å². The van der Waals surface area contributed by atoms with Crippen LogP contribution >= 0.6 is 0 Å². The molecular weight excluding hydrogens is 442 g/mol. The van der Waals surface area contributed by atoms with Crippen LogP contribution in [0.1, 0.15) is 55.4 Å². The first-order valence-electron chi connectivity index (χ1n) is 11.0. The monoisotopic (exact) mass is 463 g/mol. The second-order valence-corrected chi connectivity index (χ2v) is 7.91. The average molecular weight is 463 g/mol. The highest BCUT2D eigenvalue weighted by molar-refractivity contribution is 6.02. The number of benzene rings is 1. The highest BCUT2D eigenvalue weighted by Crippen LogP contribution is 2.44. The lowest BCUT2D eigenvalue weighted by atomic mass is 9.82. The summed E-state index contributed by atoms with van der Waals surface area (Å²) in [5.41, 5.74) is 3.11. The molecular formula is C28H21N3O4. The number of nitrogens with zero attached hydrogens (tertiary/aromatic N) is 3. The number of Topliss-reactive ketones (excluding diaryl/α,β-unsaturated/α-hetero) is 1. The van der Waals surface area contributed by atoms with Crippen LogP contribution in [-0.4, -0.2) is 34.1 Å². The number of ketones is 1. The van der Waals surface area contributed by atoms with Gasteiger partial charge < -0.3 is 9.47 Å². The summed E-state index contributed by atoms with van der Waals surface area (Å²) in [6, 6.07) is 19.3. The fourth-order valence-corrected chi connectivity index (χ4v) is 4.17. The molecule has 0 saturated heterocycles. The third-order valence-corrected chi connectivity index (χ3v) is 5.87. The summed E-state index contributed by atoms with van der Waals surface area (Å²) < 4.78 is 11.7. The number of carbonyl (C=O) groups excluding carboxylic acids is 2. The molecule has 2 atom stereocenters. The molecule has 5 rings (SSSR count). The summed E-state index contributed by atoms with van der Waals surface area (Å²) in [4.78, 5) is 39.4. The molecule has 1 aromatic carbocycles. The average Bonchev–Trinajstić information content (AvgIpc) is 2.93. The van der Waals surface area contributed by atoms with Crippen LogP contribution < -0.4 is 4.74 Å². The second-order valence-electron chi connectivity index (χ2n) is 7.91. The Balaban J connectivity index is 1.67. The summed E-state index contributed by atoms with van der Waals surface area (Å²) in [5.74, 6) is -0.0389. The van der Waals surface area contributed by atoms with Crippen LogP contribution in [0.2, 0.25) is 0 Å². The van der Waals surface area contributed by atoms with Crippen molar-refractivity contribution in [1.29, 1.82) is 0 Å². The van der Waals surface area contributed by atoms with Crippen LogP contribution in [0.15, 0.2) is 85.3 Å². The molecule has 0 amide bonds. The summed E-state index contributed by atoms with van der Waals surface area (Å²) >= 11 is 0. The minimum atomic E-state index is -0.917. The van der Waals surface area contributed by atoms with Crippen molar-refractivity contribution in [2.24, 2.45) is 0 Å². The first-order chi connectivity index (χ1) is 17.2. The minimum absolute atomic E-state index is 0.239. The highest BCUT2D eigenvalue weighted by Gasteiger charge is 2.39. The molecule has 0 fully saturated rings.